The van der Waals surface area contributed by atoms with E-state index in [0.717, 1.165) is 6.07 Å². The second kappa shape index (κ2) is 4.78. The minimum absolute atomic E-state index is 0.0145. The van der Waals surface area contributed by atoms with Crippen molar-refractivity contribution in [3.63, 3.8) is 0 Å². The van der Waals surface area contributed by atoms with Crippen molar-refractivity contribution in [1.29, 1.82) is 5.26 Å². The summed E-state index contributed by atoms with van der Waals surface area (Å²) >= 11 is 4.67. The number of H-pyrrole nitrogens is 1. The lowest BCUT2D eigenvalue weighted by Gasteiger charge is -2.08. The normalized spacial score (nSPS) is 11.1. The fraction of sp³-hybridized carbons (Fsp3) is 0.0909. The van der Waals surface area contributed by atoms with E-state index in [-0.39, 0.29) is 16.0 Å². The van der Waals surface area contributed by atoms with Crippen molar-refractivity contribution in [2.75, 3.05) is 0 Å². The molecule has 8 heteroatoms. The number of pyridine rings is 1. The Morgan fingerprint density at radius 3 is 2.63 bits per heavy atom. The van der Waals surface area contributed by atoms with E-state index >= 15 is 0 Å². The molecule has 2 aromatic heterocycles. The van der Waals surface area contributed by atoms with Crippen LogP contribution in [-0.2, 0) is 6.18 Å². The van der Waals surface area contributed by atoms with E-state index in [9.17, 15) is 13.2 Å². The molecule has 4 nitrogen and oxygen atoms in total. The molecule has 0 radical (unpaired) electrons. The van der Waals surface area contributed by atoms with Crippen molar-refractivity contribution >= 4 is 12.2 Å². The number of halogens is 3. The van der Waals surface area contributed by atoms with Crippen molar-refractivity contribution in [1.82, 2.24) is 15.0 Å². The highest BCUT2D eigenvalue weighted by Crippen LogP contribution is 2.29. The average molecular weight is 282 g/mol. The van der Waals surface area contributed by atoms with Crippen LogP contribution in [0.4, 0.5) is 13.2 Å². The topological polar surface area (TPSA) is 65.4 Å². The summed E-state index contributed by atoms with van der Waals surface area (Å²) < 4.78 is 37.6. The number of nitrogens with zero attached hydrogens (tertiary/aromatic N) is 3. The van der Waals surface area contributed by atoms with E-state index in [1.807, 2.05) is 11.1 Å². The van der Waals surface area contributed by atoms with Gasteiger partial charge in [-0.05, 0) is 24.4 Å². The Morgan fingerprint density at radius 1 is 1.26 bits per heavy atom. The molecule has 0 aliphatic carbocycles. The summed E-state index contributed by atoms with van der Waals surface area (Å²) in [6.07, 6.45) is -1.93. The SMILES string of the molecule is N#Cc1cncc(-c2cc(C(F)(F)F)[nH]c(=S)n2)c1. The monoisotopic (exact) mass is 282 g/mol. The van der Waals surface area contributed by atoms with Crippen LogP contribution >= 0.6 is 12.2 Å². The zero-order valence-corrected chi connectivity index (χ0v) is 10.0. The molecular weight excluding hydrogens is 277 g/mol. The second-order valence-corrected chi connectivity index (χ2v) is 3.94. The summed E-state index contributed by atoms with van der Waals surface area (Å²) in [6.45, 7) is 0. The highest BCUT2D eigenvalue weighted by atomic mass is 32.1. The van der Waals surface area contributed by atoms with E-state index in [1.54, 1.807) is 0 Å². The smallest absolute Gasteiger partial charge is 0.327 e. The first-order chi connectivity index (χ1) is 8.90. The van der Waals surface area contributed by atoms with Gasteiger partial charge in [-0.15, -0.1) is 0 Å². The van der Waals surface area contributed by atoms with Gasteiger partial charge in [0.05, 0.1) is 11.3 Å². The minimum Gasteiger partial charge on any atom is -0.327 e. The Hall–Kier alpha value is -2.27. The lowest BCUT2D eigenvalue weighted by atomic mass is 10.1. The summed E-state index contributed by atoms with van der Waals surface area (Å²) in [5.41, 5.74) is -0.457. The fourth-order valence-corrected chi connectivity index (χ4v) is 1.61. The largest absolute Gasteiger partial charge is 0.431 e. The van der Waals surface area contributed by atoms with Crippen LogP contribution in [0.15, 0.2) is 24.5 Å². The third-order valence-electron chi connectivity index (χ3n) is 2.21. The molecule has 0 amide bonds. The zero-order chi connectivity index (χ0) is 14.0. The molecule has 0 saturated carbocycles. The van der Waals surface area contributed by atoms with Crippen molar-refractivity contribution < 1.29 is 13.2 Å². The number of hydrogen-bond donors (Lipinski definition) is 1. The van der Waals surface area contributed by atoms with Gasteiger partial charge in [-0.25, -0.2) is 4.98 Å². The first-order valence-corrected chi connectivity index (χ1v) is 5.35. The van der Waals surface area contributed by atoms with E-state index in [1.165, 1.54) is 18.5 Å². The summed E-state index contributed by atoms with van der Waals surface area (Å²) in [4.78, 5) is 9.55. The predicted molar refractivity (Wildman–Crippen MR) is 62.4 cm³/mol. The van der Waals surface area contributed by atoms with E-state index < -0.39 is 11.9 Å². The first kappa shape index (κ1) is 13.2. The minimum atomic E-state index is -4.55. The molecule has 0 atom stereocenters. The quantitative estimate of drug-likeness (QED) is 0.816. The number of aromatic nitrogens is 3. The molecule has 0 unspecified atom stereocenters. The Kier molecular flexibility index (Phi) is 3.31. The molecule has 19 heavy (non-hydrogen) atoms. The summed E-state index contributed by atoms with van der Waals surface area (Å²) in [5.74, 6) is 0. The number of hydrogen-bond acceptors (Lipinski definition) is 4. The third-order valence-corrected chi connectivity index (χ3v) is 2.41. The maximum absolute atomic E-state index is 12.6. The van der Waals surface area contributed by atoms with Gasteiger partial charge in [-0.1, -0.05) is 0 Å². The molecule has 1 N–H and O–H groups in total. The number of rotatable bonds is 1. The van der Waals surface area contributed by atoms with Gasteiger partial charge in [0.15, 0.2) is 4.77 Å². The van der Waals surface area contributed by atoms with Crippen LogP contribution in [0.1, 0.15) is 11.3 Å². The van der Waals surface area contributed by atoms with Crippen molar-refractivity contribution in [3.8, 4) is 17.3 Å². The van der Waals surface area contributed by atoms with Gasteiger partial charge < -0.3 is 4.98 Å². The van der Waals surface area contributed by atoms with Crippen LogP contribution in [0, 0.1) is 16.1 Å². The van der Waals surface area contributed by atoms with E-state index in [4.69, 9.17) is 5.26 Å². The molecule has 2 rings (SSSR count). The molecule has 0 spiro atoms. The average Bonchev–Trinajstić information content (AvgIpc) is 2.37. The summed E-state index contributed by atoms with van der Waals surface area (Å²) in [6, 6.07) is 4.07. The molecule has 0 aliphatic rings. The lowest BCUT2D eigenvalue weighted by molar-refractivity contribution is -0.141. The van der Waals surface area contributed by atoms with Crippen molar-refractivity contribution in [2.24, 2.45) is 0 Å². The maximum Gasteiger partial charge on any atom is 0.431 e. The van der Waals surface area contributed by atoms with Crippen LogP contribution < -0.4 is 0 Å². The molecule has 2 heterocycles. The fourth-order valence-electron chi connectivity index (χ4n) is 1.40. The van der Waals surface area contributed by atoms with Crippen molar-refractivity contribution in [2.45, 2.75) is 6.18 Å². The molecule has 2 aromatic rings. The predicted octanol–water partition coefficient (Wildman–Crippen LogP) is 3.09. The molecule has 0 saturated heterocycles. The summed E-state index contributed by atoms with van der Waals surface area (Å²) in [5, 5.41) is 8.73. The van der Waals surface area contributed by atoms with Gasteiger partial charge >= 0.3 is 6.18 Å². The van der Waals surface area contributed by atoms with Crippen LogP contribution in [0.5, 0.6) is 0 Å². The number of nitriles is 1. The molecular formula is C11H5F3N4S. The van der Waals surface area contributed by atoms with Crippen LogP contribution in [-0.4, -0.2) is 15.0 Å². The van der Waals surface area contributed by atoms with Gasteiger partial charge in [0.2, 0.25) is 0 Å². The van der Waals surface area contributed by atoms with Gasteiger partial charge in [-0.2, -0.15) is 18.4 Å². The Balaban J connectivity index is 2.60. The summed E-state index contributed by atoms with van der Waals surface area (Å²) in [7, 11) is 0. The molecule has 0 aliphatic heterocycles. The molecule has 96 valence electrons. The standard InChI is InChI=1S/C11H5F3N4S/c12-11(13,14)9-2-8(17-10(19)18-9)7-1-6(3-15)4-16-5-7/h1-2,4-5H,(H,17,18,19). The number of aromatic amines is 1. The van der Waals surface area contributed by atoms with E-state index in [2.05, 4.69) is 22.2 Å². The Morgan fingerprint density at radius 2 is 2.00 bits per heavy atom. The van der Waals surface area contributed by atoms with Crippen LogP contribution in [0.3, 0.4) is 0 Å². The van der Waals surface area contributed by atoms with E-state index in [0.29, 0.717) is 5.56 Å². The number of alkyl halides is 3. The van der Waals surface area contributed by atoms with Gasteiger partial charge in [0, 0.05) is 18.0 Å². The third kappa shape index (κ3) is 2.95. The Bertz CT molecular complexity index is 715. The van der Waals surface area contributed by atoms with Gasteiger partial charge in [0.25, 0.3) is 0 Å². The van der Waals surface area contributed by atoms with Crippen molar-refractivity contribution in [3.05, 3.63) is 40.6 Å². The lowest BCUT2D eigenvalue weighted by Crippen LogP contribution is -2.09. The highest BCUT2D eigenvalue weighted by molar-refractivity contribution is 7.71. The number of nitrogens with one attached hydrogen (secondary N) is 1. The first-order valence-electron chi connectivity index (χ1n) is 4.94. The molecule has 0 aromatic carbocycles. The van der Waals surface area contributed by atoms with Gasteiger partial charge in [0.1, 0.15) is 11.8 Å². The molecule has 0 fully saturated rings. The highest BCUT2D eigenvalue weighted by Gasteiger charge is 2.32. The van der Waals surface area contributed by atoms with Gasteiger partial charge in [-0.3, -0.25) is 4.98 Å². The van der Waals surface area contributed by atoms with Crippen LogP contribution in [0.2, 0.25) is 0 Å². The zero-order valence-electron chi connectivity index (χ0n) is 9.19. The van der Waals surface area contributed by atoms with Crippen LogP contribution in [0.25, 0.3) is 11.3 Å². The Labute approximate surface area is 110 Å². The second-order valence-electron chi connectivity index (χ2n) is 3.56. The maximum atomic E-state index is 12.6. The molecule has 0 bridgehead atoms.